The summed E-state index contributed by atoms with van der Waals surface area (Å²) in [7, 11) is 2.84. The van der Waals surface area contributed by atoms with Gasteiger partial charge < -0.3 is 14.2 Å². The normalized spacial score (nSPS) is 12.9. The van der Waals surface area contributed by atoms with Gasteiger partial charge in [0.1, 0.15) is 5.01 Å². The number of rotatable bonds is 9. The van der Waals surface area contributed by atoms with Gasteiger partial charge in [-0.25, -0.2) is 14.8 Å². The number of ether oxygens (including phenoxy) is 3. The van der Waals surface area contributed by atoms with Crippen LogP contribution in [0.25, 0.3) is 10.6 Å². The molecule has 3 aromatic rings. The summed E-state index contributed by atoms with van der Waals surface area (Å²) in [5.74, 6) is 0.117. The second-order valence-corrected chi connectivity index (χ2v) is 8.30. The monoisotopic (exact) mass is 426 g/mol. The summed E-state index contributed by atoms with van der Waals surface area (Å²) in [5, 5.41) is 1.03. The van der Waals surface area contributed by atoms with Crippen molar-refractivity contribution >= 4 is 17.3 Å². The van der Waals surface area contributed by atoms with Crippen molar-refractivity contribution in [3.63, 3.8) is 0 Å². The fraction of sp³-hybridized carbons (Fsp3) is 0.348. The molecule has 0 N–H and O–H groups in total. The van der Waals surface area contributed by atoms with Crippen molar-refractivity contribution in [1.29, 1.82) is 0 Å². The molecule has 0 saturated heterocycles. The summed E-state index contributed by atoms with van der Waals surface area (Å²) < 4.78 is 16.0. The van der Waals surface area contributed by atoms with Crippen LogP contribution in [0.5, 0.6) is 5.88 Å². The highest BCUT2D eigenvalue weighted by molar-refractivity contribution is 7.15. The van der Waals surface area contributed by atoms with Crippen molar-refractivity contribution in [2.45, 2.75) is 32.3 Å². The van der Waals surface area contributed by atoms with Gasteiger partial charge in [-0.2, -0.15) is 0 Å². The Morgan fingerprint density at radius 3 is 2.53 bits per heavy atom. The molecule has 2 heterocycles. The van der Waals surface area contributed by atoms with E-state index in [0.29, 0.717) is 25.3 Å². The van der Waals surface area contributed by atoms with Gasteiger partial charge in [-0.15, -0.1) is 11.3 Å². The van der Waals surface area contributed by atoms with Crippen molar-refractivity contribution in [1.82, 2.24) is 9.97 Å². The fourth-order valence-electron chi connectivity index (χ4n) is 3.05. The minimum absolute atomic E-state index is 0.365. The number of nitrogens with zero attached hydrogens (tertiary/aromatic N) is 2. The molecule has 0 amide bonds. The first-order valence-corrected chi connectivity index (χ1v) is 10.5. The number of thiazole rings is 1. The maximum Gasteiger partial charge on any atom is 0.338 e. The smallest absolute Gasteiger partial charge is 0.338 e. The zero-order valence-corrected chi connectivity index (χ0v) is 18.5. The van der Waals surface area contributed by atoms with Crippen molar-refractivity contribution in [3.8, 4) is 16.5 Å². The summed E-state index contributed by atoms with van der Waals surface area (Å²) in [6, 6.07) is 13.9. The van der Waals surface area contributed by atoms with E-state index in [-0.39, 0.29) is 0 Å². The minimum atomic E-state index is -1.04. The second kappa shape index (κ2) is 9.82. The third-order valence-corrected chi connectivity index (χ3v) is 5.97. The van der Waals surface area contributed by atoms with E-state index < -0.39 is 11.6 Å². The van der Waals surface area contributed by atoms with Gasteiger partial charge in [0.15, 0.2) is 5.60 Å². The standard InChI is InChI=1S/C23H26N2O4S/c1-16-19(25-21(30-16)18-8-6-5-7-9-18)12-13-29-20-11-10-17(15-24-20)14-23(2,28-4)22(26)27-3/h5-11,15H,12-14H2,1-4H3. The third-order valence-electron chi connectivity index (χ3n) is 4.91. The van der Waals surface area contributed by atoms with Crippen LogP contribution in [0.15, 0.2) is 48.7 Å². The number of aryl methyl sites for hydroxylation is 1. The number of carbonyl (C=O) groups excluding carboxylic acids is 1. The molecule has 30 heavy (non-hydrogen) atoms. The zero-order chi connectivity index (χ0) is 21.6. The van der Waals surface area contributed by atoms with E-state index in [1.807, 2.05) is 24.3 Å². The topological polar surface area (TPSA) is 70.5 Å². The molecule has 0 saturated carbocycles. The van der Waals surface area contributed by atoms with Crippen LogP contribution in [0.1, 0.15) is 23.1 Å². The highest BCUT2D eigenvalue weighted by atomic mass is 32.1. The SMILES string of the molecule is COC(=O)C(C)(Cc1ccc(OCCc2nc(-c3ccccc3)sc2C)nc1)OC. The highest BCUT2D eigenvalue weighted by Gasteiger charge is 2.34. The lowest BCUT2D eigenvalue weighted by Gasteiger charge is -2.24. The second-order valence-electron chi connectivity index (χ2n) is 7.09. The van der Waals surface area contributed by atoms with Crippen LogP contribution >= 0.6 is 11.3 Å². The van der Waals surface area contributed by atoms with Gasteiger partial charge in [-0.1, -0.05) is 36.4 Å². The maximum absolute atomic E-state index is 11.9. The lowest BCUT2D eigenvalue weighted by molar-refractivity contribution is -0.163. The molecule has 0 radical (unpaired) electrons. The van der Waals surface area contributed by atoms with E-state index in [0.717, 1.165) is 21.8 Å². The third kappa shape index (κ3) is 5.23. The van der Waals surface area contributed by atoms with Crippen LogP contribution in [0.3, 0.4) is 0 Å². The predicted molar refractivity (Wildman–Crippen MR) is 117 cm³/mol. The van der Waals surface area contributed by atoms with E-state index in [2.05, 4.69) is 24.0 Å². The number of hydrogen-bond donors (Lipinski definition) is 0. The average molecular weight is 427 g/mol. The molecule has 7 heteroatoms. The first-order valence-electron chi connectivity index (χ1n) is 9.68. The Labute approximate surface area is 180 Å². The first-order chi connectivity index (χ1) is 14.4. The number of benzene rings is 1. The molecule has 1 unspecified atom stereocenters. The van der Waals surface area contributed by atoms with E-state index in [1.165, 1.54) is 19.1 Å². The molecule has 0 bridgehead atoms. The lowest BCUT2D eigenvalue weighted by atomic mass is 9.97. The lowest BCUT2D eigenvalue weighted by Crippen LogP contribution is -2.40. The molecule has 3 rings (SSSR count). The molecule has 158 valence electrons. The Hall–Kier alpha value is -2.77. The van der Waals surface area contributed by atoms with E-state index in [1.54, 1.807) is 30.5 Å². The Balaban J connectivity index is 1.56. The molecule has 6 nitrogen and oxygen atoms in total. The fourth-order valence-corrected chi connectivity index (χ4v) is 4.02. The van der Waals surface area contributed by atoms with Crippen LogP contribution in [0.2, 0.25) is 0 Å². The molecular weight excluding hydrogens is 400 g/mol. The summed E-state index contributed by atoms with van der Waals surface area (Å²) >= 11 is 1.70. The summed E-state index contributed by atoms with van der Waals surface area (Å²) in [4.78, 5) is 22.2. The van der Waals surface area contributed by atoms with E-state index in [9.17, 15) is 4.79 Å². The molecule has 0 aliphatic carbocycles. The van der Waals surface area contributed by atoms with Gasteiger partial charge in [-0.05, 0) is 19.4 Å². The number of methoxy groups -OCH3 is 2. The number of carbonyl (C=O) groups is 1. The zero-order valence-electron chi connectivity index (χ0n) is 17.7. The predicted octanol–water partition coefficient (Wildman–Crippen LogP) is 4.26. The Morgan fingerprint density at radius 2 is 1.90 bits per heavy atom. The molecular formula is C23H26N2O4S. The van der Waals surface area contributed by atoms with Gasteiger partial charge in [0.05, 0.1) is 19.4 Å². The van der Waals surface area contributed by atoms with Crippen LogP contribution in [-0.4, -0.2) is 42.4 Å². The highest BCUT2D eigenvalue weighted by Crippen LogP contribution is 2.27. The Morgan fingerprint density at radius 1 is 1.13 bits per heavy atom. The number of hydrogen-bond acceptors (Lipinski definition) is 7. The summed E-state index contributed by atoms with van der Waals surface area (Å²) in [6.45, 7) is 4.27. The summed E-state index contributed by atoms with van der Waals surface area (Å²) in [6.07, 6.45) is 2.77. The molecule has 1 aromatic carbocycles. The molecule has 0 spiro atoms. The quantitative estimate of drug-likeness (QED) is 0.476. The van der Waals surface area contributed by atoms with Crippen LogP contribution < -0.4 is 4.74 Å². The maximum atomic E-state index is 11.9. The van der Waals surface area contributed by atoms with Gasteiger partial charge >= 0.3 is 5.97 Å². The Kier molecular flexibility index (Phi) is 7.18. The number of aromatic nitrogens is 2. The molecule has 2 aromatic heterocycles. The van der Waals surface area contributed by atoms with Crippen molar-refractivity contribution in [2.24, 2.45) is 0 Å². The van der Waals surface area contributed by atoms with Crippen LogP contribution in [0, 0.1) is 6.92 Å². The average Bonchev–Trinajstić information content (AvgIpc) is 3.15. The van der Waals surface area contributed by atoms with Crippen molar-refractivity contribution < 1.29 is 19.0 Å². The summed E-state index contributed by atoms with van der Waals surface area (Å²) in [5.41, 5.74) is 1.99. The van der Waals surface area contributed by atoms with Gasteiger partial charge in [-0.3, -0.25) is 0 Å². The van der Waals surface area contributed by atoms with Gasteiger partial charge in [0.25, 0.3) is 0 Å². The molecule has 0 aliphatic heterocycles. The molecule has 1 atom stereocenters. The van der Waals surface area contributed by atoms with Crippen molar-refractivity contribution in [2.75, 3.05) is 20.8 Å². The Bertz CT molecular complexity index is 973. The minimum Gasteiger partial charge on any atom is -0.477 e. The van der Waals surface area contributed by atoms with Crippen LogP contribution in [-0.2, 0) is 27.1 Å². The molecule has 0 aliphatic rings. The van der Waals surface area contributed by atoms with Gasteiger partial charge in [0, 0.05) is 42.7 Å². The van der Waals surface area contributed by atoms with Crippen LogP contribution in [0.4, 0.5) is 0 Å². The number of esters is 1. The van der Waals surface area contributed by atoms with Gasteiger partial charge in [0.2, 0.25) is 5.88 Å². The van der Waals surface area contributed by atoms with E-state index in [4.69, 9.17) is 19.2 Å². The van der Waals surface area contributed by atoms with Crippen molar-refractivity contribution in [3.05, 3.63) is 64.8 Å². The largest absolute Gasteiger partial charge is 0.477 e. The first kappa shape index (κ1) is 21.9. The number of pyridine rings is 1. The molecule has 0 fully saturated rings. The van der Waals surface area contributed by atoms with E-state index >= 15 is 0 Å².